The largest absolute Gasteiger partial charge is 0.870 e. The molecule has 0 fully saturated rings. The fourth-order valence-corrected chi connectivity index (χ4v) is 4.58. The third kappa shape index (κ3) is 5.96. The zero-order valence-electron chi connectivity index (χ0n) is 16.7. The third-order valence-corrected chi connectivity index (χ3v) is 6.97. The van der Waals surface area contributed by atoms with Crippen LogP contribution in [0.1, 0.15) is 0 Å². The Labute approximate surface area is 194 Å². The molecule has 0 amide bonds. The molecule has 11 nitrogen and oxygen atoms in total. The monoisotopic (exact) mass is 514 g/mol. The summed E-state index contributed by atoms with van der Waals surface area (Å²) in [4.78, 5) is -0.538. The molecule has 0 radical (unpaired) electrons. The Balaban J connectivity index is 0.00000385. The molecule has 0 unspecified atom stereocenters. The molecule has 14 heteroatoms. The van der Waals surface area contributed by atoms with E-state index in [9.17, 15) is 31.2 Å². The Hall–Kier alpha value is -2.37. The van der Waals surface area contributed by atoms with Gasteiger partial charge in [-0.15, -0.1) is 0 Å². The van der Waals surface area contributed by atoms with Gasteiger partial charge in [0.25, 0.3) is 0 Å². The van der Waals surface area contributed by atoms with Gasteiger partial charge in [0, 0.05) is 41.3 Å². The Kier molecular flexibility index (Phi) is 8.36. The third-order valence-electron chi connectivity index (χ3n) is 4.74. The summed E-state index contributed by atoms with van der Waals surface area (Å²) >= 11 is 0.619. The van der Waals surface area contributed by atoms with E-state index >= 15 is 0 Å². The molecule has 3 rings (SSSR count). The molecule has 178 valence electrons. The first kappa shape index (κ1) is 26.9. The van der Waals surface area contributed by atoms with Crippen LogP contribution in [0.15, 0.2) is 87.5 Å². The van der Waals surface area contributed by atoms with Gasteiger partial charge in [0.15, 0.2) is 0 Å². The molecule has 33 heavy (non-hydrogen) atoms. The van der Waals surface area contributed by atoms with E-state index in [1.807, 2.05) is 0 Å². The fraction of sp³-hybridized carbons (Fsp3) is 0.0526. The summed E-state index contributed by atoms with van der Waals surface area (Å²) < 4.78 is 73.6. The van der Waals surface area contributed by atoms with E-state index in [0.717, 1.165) is 24.3 Å². The van der Waals surface area contributed by atoms with Crippen LogP contribution >= 0.6 is 12.0 Å². The second-order valence-corrected chi connectivity index (χ2v) is 10.2. The van der Waals surface area contributed by atoms with Gasteiger partial charge in [0.05, 0.1) is 28.9 Å². The minimum atomic E-state index is -4.78. The fourth-order valence-electron chi connectivity index (χ4n) is 3.15. The van der Waals surface area contributed by atoms with Crippen LogP contribution in [0.4, 0.5) is 17.1 Å². The van der Waals surface area contributed by atoms with E-state index in [4.69, 9.17) is 0 Å². The highest BCUT2D eigenvalue weighted by Crippen LogP contribution is 2.44. The maximum atomic E-state index is 11.6. The van der Waals surface area contributed by atoms with Gasteiger partial charge < -0.3 is 19.8 Å². The molecule has 1 N–H and O–H groups in total. The molecular formula is C19H16NO10S3-3. The second kappa shape index (κ2) is 10.3. The van der Waals surface area contributed by atoms with Gasteiger partial charge in [-0.3, -0.25) is 5.04 Å². The van der Waals surface area contributed by atoms with E-state index in [1.165, 1.54) is 12.1 Å². The van der Waals surface area contributed by atoms with Gasteiger partial charge in [-0.1, -0.05) is 18.2 Å². The van der Waals surface area contributed by atoms with Crippen molar-refractivity contribution >= 4 is 49.3 Å². The SMILES string of the molecule is C[N+](c1cccc(SOO[O-])c1)(c1cccc(S(=O)(=O)[O-])c1)c1cccc(S(=O)(=O)[O-])c1.[OH-]. The number of rotatable bonds is 8. The van der Waals surface area contributed by atoms with Crippen LogP contribution < -0.4 is 9.74 Å². The quantitative estimate of drug-likeness (QED) is 0.141. The van der Waals surface area contributed by atoms with E-state index in [2.05, 4.69) is 9.37 Å². The summed E-state index contributed by atoms with van der Waals surface area (Å²) in [5.41, 5.74) is 1.03. The Morgan fingerprint density at radius 1 is 0.758 bits per heavy atom. The zero-order valence-corrected chi connectivity index (χ0v) is 19.2. The molecule has 0 aromatic heterocycles. The average molecular weight is 515 g/mol. The summed E-state index contributed by atoms with van der Waals surface area (Å²) in [6.45, 7) is 0. The normalized spacial score (nSPS) is 12.2. The van der Waals surface area contributed by atoms with Crippen LogP contribution in [-0.2, 0) is 29.6 Å². The van der Waals surface area contributed by atoms with Gasteiger partial charge in [-0.2, -0.15) is 4.33 Å². The molecule has 0 spiro atoms. The highest BCUT2D eigenvalue weighted by atomic mass is 32.2. The van der Waals surface area contributed by atoms with Crippen molar-refractivity contribution in [1.82, 2.24) is 4.48 Å². The van der Waals surface area contributed by atoms with Crippen LogP contribution in [0, 0.1) is 0 Å². The predicted molar refractivity (Wildman–Crippen MR) is 112 cm³/mol. The van der Waals surface area contributed by atoms with Gasteiger partial charge >= 0.3 is 0 Å². The highest BCUT2D eigenvalue weighted by Gasteiger charge is 2.33. The Bertz CT molecular complexity index is 1270. The van der Waals surface area contributed by atoms with Crippen molar-refractivity contribution in [3.05, 3.63) is 72.8 Å². The van der Waals surface area contributed by atoms with Gasteiger partial charge in [0.2, 0.25) is 0 Å². The van der Waals surface area contributed by atoms with Crippen molar-refractivity contribution in [3.63, 3.8) is 0 Å². The van der Waals surface area contributed by atoms with Crippen molar-refractivity contribution in [2.24, 2.45) is 0 Å². The highest BCUT2D eigenvalue weighted by molar-refractivity contribution is 7.94. The Morgan fingerprint density at radius 2 is 1.18 bits per heavy atom. The summed E-state index contributed by atoms with van der Waals surface area (Å²) in [7, 11) is -7.95. The summed E-state index contributed by atoms with van der Waals surface area (Å²) in [5.74, 6) is 0. The lowest BCUT2D eigenvalue weighted by atomic mass is 10.1. The van der Waals surface area contributed by atoms with Crippen LogP contribution in [0.2, 0.25) is 0 Å². The van der Waals surface area contributed by atoms with Crippen molar-refractivity contribution in [2.75, 3.05) is 7.05 Å². The van der Waals surface area contributed by atoms with Gasteiger partial charge in [0.1, 0.15) is 37.3 Å². The zero-order chi connectivity index (χ0) is 23.6. The molecule has 0 heterocycles. The molecule has 3 aromatic carbocycles. The van der Waals surface area contributed by atoms with Crippen LogP contribution in [0.3, 0.4) is 0 Å². The molecule has 0 aliphatic heterocycles. The second-order valence-electron chi connectivity index (χ2n) is 6.63. The first-order valence-electron chi connectivity index (χ1n) is 8.69. The van der Waals surface area contributed by atoms with Crippen LogP contribution in [0.25, 0.3) is 0 Å². The van der Waals surface area contributed by atoms with Crippen molar-refractivity contribution in [1.29, 1.82) is 0 Å². The summed E-state index contributed by atoms with van der Waals surface area (Å²) in [5, 5.41) is 13.5. The van der Waals surface area contributed by atoms with Crippen molar-refractivity contribution in [3.8, 4) is 0 Å². The molecule has 0 aliphatic carbocycles. The predicted octanol–water partition coefficient (Wildman–Crippen LogP) is 2.15. The molecule has 0 aliphatic rings. The van der Waals surface area contributed by atoms with E-state index in [1.54, 1.807) is 43.4 Å². The van der Waals surface area contributed by atoms with Crippen molar-refractivity contribution in [2.45, 2.75) is 14.7 Å². The molecular weight excluding hydrogens is 498 g/mol. The van der Waals surface area contributed by atoms with Gasteiger partial charge in [-0.25, -0.2) is 21.3 Å². The first-order chi connectivity index (χ1) is 15.0. The standard InChI is InChI=1S/C19H17NO9S3.H2O/c1-20(14-5-2-8-17(11-14)30-29-28-21,15-6-3-9-18(12-15)31(22,23)24)16-7-4-10-19(13-16)32(25,26)27;/h2-13H,1H3,(H2-,21,22,23,24,25,26,27);1H2/p-3. The van der Waals surface area contributed by atoms with Gasteiger partial charge in [-0.05, 0) is 18.2 Å². The number of hydrogen-bond donors (Lipinski definition) is 0. The minimum Gasteiger partial charge on any atom is -0.870 e. The number of hydrogen-bond acceptors (Lipinski definition) is 11. The molecule has 0 saturated carbocycles. The van der Waals surface area contributed by atoms with Crippen molar-refractivity contribution < 1.29 is 46.0 Å². The number of nitrogens with zero attached hydrogens (tertiary/aromatic N) is 1. The maximum absolute atomic E-state index is 11.6. The number of benzene rings is 3. The Morgan fingerprint density at radius 3 is 1.61 bits per heavy atom. The minimum absolute atomic E-state index is 0. The van der Waals surface area contributed by atoms with E-state index in [-0.39, 0.29) is 21.3 Å². The van der Waals surface area contributed by atoms with E-state index in [0.29, 0.717) is 22.6 Å². The number of quaternary nitrogens is 1. The summed E-state index contributed by atoms with van der Waals surface area (Å²) in [6, 6.07) is 16.9. The molecule has 0 saturated heterocycles. The van der Waals surface area contributed by atoms with Crippen LogP contribution in [-0.4, -0.2) is 38.5 Å². The molecule has 3 aromatic rings. The molecule has 0 atom stereocenters. The topological polar surface area (TPSA) is 186 Å². The molecule has 0 bridgehead atoms. The maximum Gasteiger partial charge on any atom is 0.144 e. The lowest BCUT2D eigenvalue weighted by molar-refractivity contribution is -0.777. The van der Waals surface area contributed by atoms with Crippen LogP contribution in [0.5, 0.6) is 0 Å². The average Bonchev–Trinajstić information content (AvgIpc) is 2.76. The lowest BCUT2D eigenvalue weighted by Gasteiger charge is -2.34. The lowest BCUT2D eigenvalue weighted by Crippen LogP contribution is -2.34. The van der Waals surface area contributed by atoms with E-state index < -0.39 is 30.0 Å². The first-order valence-corrected chi connectivity index (χ1v) is 12.3. The smallest absolute Gasteiger partial charge is 0.144 e. The summed E-state index contributed by atoms with van der Waals surface area (Å²) in [6.07, 6.45) is 0.